The molecule has 0 bridgehead atoms. The smallest absolute Gasteiger partial charge is 0.242 e. The number of benzene rings is 3. The van der Waals surface area contributed by atoms with E-state index in [0.717, 1.165) is 41.4 Å². The van der Waals surface area contributed by atoms with E-state index in [2.05, 4.69) is 5.32 Å². The monoisotopic (exact) mass is 495 g/mol. The Morgan fingerprint density at radius 1 is 1.14 bits per heavy atom. The van der Waals surface area contributed by atoms with E-state index in [0.29, 0.717) is 24.4 Å². The maximum atomic E-state index is 14.0. The number of rotatable bonds is 6. The summed E-state index contributed by atoms with van der Waals surface area (Å²) in [6.07, 6.45) is 1.53. The zero-order valence-electron chi connectivity index (χ0n) is 18.7. The van der Waals surface area contributed by atoms with Crippen molar-refractivity contribution in [1.82, 2.24) is 4.90 Å². The minimum atomic E-state index is -0.873. The molecule has 35 heavy (non-hydrogen) atoms. The Morgan fingerprint density at radius 3 is 2.77 bits per heavy atom. The lowest BCUT2D eigenvalue weighted by atomic mass is 10.1. The molecule has 2 amide bonds. The molecule has 0 aromatic heterocycles. The van der Waals surface area contributed by atoms with Crippen LogP contribution in [0.1, 0.15) is 19.3 Å². The number of carbonyl (C=O) groups is 2. The number of nitrogens with one attached hydrogen (secondary N) is 1. The second-order valence-electron chi connectivity index (χ2n) is 8.46. The molecule has 1 N–H and O–H groups in total. The lowest BCUT2D eigenvalue weighted by Crippen LogP contribution is -2.38. The summed E-state index contributed by atoms with van der Waals surface area (Å²) in [6.45, 7) is 1.02. The Morgan fingerprint density at radius 2 is 1.97 bits per heavy atom. The van der Waals surface area contributed by atoms with Gasteiger partial charge in [-0.3, -0.25) is 14.5 Å². The first-order valence-electron chi connectivity index (χ1n) is 11.4. The minimum Gasteiger partial charge on any atom is -0.376 e. The molecular formula is C26H23F2N3O3S. The van der Waals surface area contributed by atoms with Crippen molar-refractivity contribution >= 4 is 50.9 Å². The highest BCUT2D eigenvalue weighted by Gasteiger charge is 2.40. The molecule has 2 aliphatic rings. The van der Waals surface area contributed by atoms with Crippen LogP contribution in [0.15, 0.2) is 65.7 Å². The fraction of sp³-hybridized carbons (Fsp3) is 0.269. The summed E-state index contributed by atoms with van der Waals surface area (Å²) in [5.41, 5.74) is 0.599. The predicted molar refractivity (Wildman–Crippen MR) is 133 cm³/mol. The first-order valence-corrected chi connectivity index (χ1v) is 12.3. The van der Waals surface area contributed by atoms with Gasteiger partial charge in [0.05, 0.1) is 24.0 Å². The highest BCUT2D eigenvalue weighted by atomic mass is 32.2. The highest BCUT2D eigenvalue weighted by Crippen LogP contribution is 2.35. The van der Waals surface area contributed by atoms with Gasteiger partial charge in [0, 0.05) is 24.5 Å². The number of thioether (sulfide) groups is 1. The van der Waals surface area contributed by atoms with Gasteiger partial charge in [-0.05, 0) is 36.4 Å². The summed E-state index contributed by atoms with van der Waals surface area (Å²) >= 11 is 1.22. The molecule has 2 heterocycles. The third-order valence-electron chi connectivity index (χ3n) is 5.99. The molecule has 2 fully saturated rings. The molecular weight excluding hydrogens is 472 g/mol. The summed E-state index contributed by atoms with van der Waals surface area (Å²) in [5, 5.41) is 4.22. The summed E-state index contributed by atoms with van der Waals surface area (Å²) < 4.78 is 32.9. The van der Waals surface area contributed by atoms with Crippen molar-refractivity contribution in [1.29, 1.82) is 0 Å². The van der Waals surface area contributed by atoms with Crippen LogP contribution in [0.2, 0.25) is 0 Å². The van der Waals surface area contributed by atoms with E-state index in [9.17, 15) is 18.4 Å². The van der Waals surface area contributed by atoms with Gasteiger partial charge in [-0.2, -0.15) is 0 Å². The Labute approximate surface area is 205 Å². The summed E-state index contributed by atoms with van der Waals surface area (Å²) in [4.78, 5) is 32.4. The zero-order valence-corrected chi connectivity index (χ0v) is 19.6. The fourth-order valence-electron chi connectivity index (χ4n) is 4.25. The molecule has 6 nitrogen and oxygen atoms in total. The van der Waals surface area contributed by atoms with E-state index >= 15 is 0 Å². The van der Waals surface area contributed by atoms with Gasteiger partial charge in [0.2, 0.25) is 11.8 Å². The highest BCUT2D eigenvalue weighted by molar-refractivity contribution is 8.15. The van der Waals surface area contributed by atoms with E-state index < -0.39 is 22.8 Å². The van der Waals surface area contributed by atoms with E-state index in [4.69, 9.17) is 9.73 Å². The fourth-order valence-corrected chi connectivity index (χ4v) is 5.41. The number of fused-ring (bicyclic) bond motifs is 1. The largest absolute Gasteiger partial charge is 0.376 e. The van der Waals surface area contributed by atoms with Crippen LogP contribution in [0.4, 0.5) is 20.2 Å². The second-order valence-corrected chi connectivity index (χ2v) is 9.63. The van der Waals surface area contributed by atoms with Gasteiger partial charge in [-0.1, -0.05) is 48.2 Å². The minimum absolute atomic E-state index is 0.0850. The van der Waals surface area contributed by atoms with Gasteiger partial charge in [0.25, 0.3) is 0 Å². The number of hydrogen-bond donors (Lipinski definition) is 1. The second kappa shape index (κ2) is 10.1. The van der Waals surface area contributed by atoms with Crippen LogP contribution < -0.4 is 5.32 Å². The molecule has 2 unspecified atom stereocenters. The Bertz CT molecular complexity index is 1300. The molecule has 0 saturated carbocycles. The van der Waals surface area contributed by atoms with Crippen LogP contribution in [-0.4, -0.2) is 46.4 Å². The molecule has 0 spiro atoms. The third-order valence-corrected chi connectivity index (χ3v) is 7.16. The van der Waals surface area contributed by atoms with Crippen LogP contribution in [0, 0.1) is 11.6 Å². The van der Waals surface area contributed by atoms with Gasteiger partial charge in [-0.15, -0.1) is 0 Å². The SMILES string of the molecule is O=C(CC1SC(=Nc2cccc3ccccc23)N(CC2CCCO2)C1=O)Nc1ccc(F)cc1F. The summed E-state index contributed by atoms with van der Waals surface area (Å²) in [6, 6.07) is 16.6. The Balaban J connectivity index is 1.39. The van der Waals surface area contributed by atoms with Gasteiger partial charge < -0.3 is 10.1 Å². The molecule has 5 rings (SSSR count). The van der Waals surface area contributed by atoms with Crippen LogP contribution in [0.25, 0.3) is 10.8 Å². The van der Waals surface area contributed by atoms with E-state index in [1.165, 1.54) is 11.8 Å². The molecule has 0 aliphatic carbocycles. The van der Waals surface area contributed by atoms with E-state index in [1.807, 2.05) is 42.5 Å². The Kier molecular flexibility index (Phi) is 6.79. The predicted octanol–water partition coefficient (Wildman–Crippen LogP) is 5.26. The normalized spacial score (nSPS) is 21.3. The van der Waals surface area contributed by atoms with Crippen LogP contribution in [0.3, 0.4) is 0 Å². The summed E-state index contributed by atoms with van der Waals surface area (Å²) in [7, 11) is 0. The lowest BCUT2D eigenvalue weighted by Gasteiger charge is -2.20. The number of anilines is 1. The molecule has 9 heteroatoms. The summed E-state index contributed by atoms with van der Waals surface area (Å²) in [5.74, 6) is -2.38. The topological polar surface area (TPSA) is 71.0 Å². The number of amides is 2. The van der Waals surface area contributed by atoms with Crippen molar-refractivity contribution in [3.63, 3.8) is 0 Å². The van der Waals surface area contributed by atoms with Crippen molar-refractivity contribution in [2.75, 3.05) is 18.5 Å². The van der Waals surface area contributed by atoms with Crippen LogP contribution >= 0.6 is 11.8 Å². The molecule has 180 valence electrons. The number of aliphatic imine (C=N–C) groups is 1. The van der Waals surface area contributed by atoms with Crippen molar-refractivity contribution in [3.8, 4) is 0 Å². The maximum absolute atomic E-state index is 14.0. The van der Waals surface area contributed by atoms with Crippen LogP contribution in [0.5, 0.6) is 0 Å². The van der Waals surface area contributed by atoms with Crippen molar-refractivity contribution in [2.24, 2.45) is 4.99 Å². The molecule has 3 aromatic carbocycles. The lowest BCUT2D eigenvalue weighted by molar-refractivity contribution is -0.129. The molecule has 3 aromatic rings. The van der Waals surface area contributed by atoms with Crippen molar-refractivity contribution in [2.45, 2.75) is 30.6 Å². The third kappa shape index (κ3) is 5.21. The number of ether oxygens (including phenoxy) is 1. The average Bonchev–Trinajstić information content (AvgIpc) is 3.46. The van der Waals surface area contributed by atoms with Gasteiger partial charge in [-0.25, -0.2) is 13.8 Å². The number of carbonyl (C=O) groups excluding carboxylic acids is 2. The standard InChI is InChI=1S/C26H23F2N3O3S/c27-17-10-11-22(20(28)13-17)29-24(32)14-23-25(33)31(15-18-7-4-12-34-18)26(35-23)30-21-9-3-6-16-5-1-2-8-19(16)21/h1-3,5-6,8-11,13,18,23H,4,7,12,14-15H2,(H,29,32). The number of hydrogen-bond acceptors (Lipinski definition) is 5. The zero-order chi connectivity index (χ0) is 24.4. The van der Waals surface area contributed by atoms with Gasteiger partial charge >= 0.3 is 0 Å². The van der Waals surface area contributed by atoms with Crippen molar-refractivity contribution < 1.29 is 23.1 Å². The van der Waals surface area contributed by atoms with Crippen LogP contribution in [-0.2, 0) is 14.3 Å². The maximum Gasteiger partial charge on any atom is 0.242 e. The average molecular weight is 496 g/mol. The first kappa shape index (κ1) is 23.4. The molecule has 0 radical (unpaired) electrons. The number of halogens is 2. The Hall–Kier alpha value is -3.30. The van der Waals surface area contributed by atoms with E-state index in [1.54, 1.807) is 4.90 Å². The first-order chi connectivity index (χ1) is 17.0. The number of nitrogens with zero attached hydrogens (tertiary/aromatic N) is 2. The molecule has 2 aliphatic heterocycles. The van der Waals surface area contributed by atoms with Crippen molar-refractivity contribution in [3.05, 3.63) is 72.3 Å². The van der Waals surface area contributed by atoms with E-state index in [-0.39, 0.29) is 24.1 Å². The van der Waals surface area contributed by atoms with Gasteiger partial charge in [0.1, 0.15) is 16.9 Å². The number of amidine groups is 1. The molecule has 2 saturated heterocycles. The van der Waals surface area contributed by atoms with Gasteiger partial charge in [0.15, 0.2) is 5.17 Å². The molecule has 2 atom stereocenters. The quantitative estimate of drug-likeness (QED) is 0.507.